The number of carbonyl (C=O) groups excluding carboxylic acids is 1. The maximum atomic E-state index is 12.4. The second kappa shape index (κ2) is 11.0. The summed E-state index contributed by atoms with van der Waals surface area (Å²) in [5, 5.41) is 6.19. The topological polar surface area (TPSA) is 78.1 Å². The Balaban J connectivity index is 1.88. The molecule has 2 aromatic rings. The molecule has 0 radical (unpaired) electrons. The van der Waals surface area contributed by atoms with Crippen LogP contribution < -0.4 is 29.6 Å². The number of carbonyl (C=O) groups is 1. The van der Waals surface area contributed by atoms with Crippen molar-refractivity contribution in [3.05, 3.63) is 47.5 Å². The van der Waals surface area contributed by atoms with Gasteiger partial charge in [0, 0.05) is 30.8 Å². The van der Waals surface area contributed by atoms with E-state index in [9.17, 15) is 4.79 Å². The molecule has 0 aliphatic rings. The van der Waals surface area contributed by atoms with Gasteiger partial charge in [-0.3, -0.25) is 4.79 Å². The quantitative estimate of drug-likeness (QED) is 0.576. The average molecular weight is 388 g/mol. The minimum Gasteiger partial charge on any atom is -0.494 e. The number of benzene rings is 2. The molecule has 2 aromatic carbocycles. The third kappa shape index (κ3) is 5.53. The molecule has 0 unspecified atom stereocenters. The summed E-state index contributed by atoms with van der Waals surface area (Å²) in [5.41, 5.74) is 1.52. The van der Waals surface area contributed by atoms with Gasteiger partial charge in [0.05, 0.1) is 27.9 Å². The fourth-order valence-electron chi connectivity index (χ4n) is 2.75. The molecule has 152 valence electrons. The van der Waals surface area contributed by atoms with Gasteiger partial charge in [-0.15, -0.1) is 0 Å². The SMILES string of the molecule is CCOc1ccccc1CNCCNC(=O)c1cc(OC)c(OC)c(OC)c1. The zero-order valence-corrected chi connectivity index (χ0v) is 16.8. The van der Waals surface area contributed by atoms with Crippen LogP contribution in [0.3, 0.4) is 0 Å². The lowest BCUT2D eigenvalue weighted by Gasteiger charge is -2.14. The molecule has 0 saturated carbocycles. The smallest absolute Gasteiger partial charge is 0.251 e. The molecule has 2 rings (SSSR count). The van der Waals surface area contributed by atoms with Gasteiger partial charge in [-0.25, -0.2) is 0 Å². The first kappa shape index (κ1) is 21.4. The number of hydrogen-bond acceptors (Lipinski definition) is 6. The predicted octanol–water partition coefficient (Wildman–Crippen LogP) is 2.63. The normalized spacial score (nSPS) is 10.3. The van der Waals surface area contributed by atoms with E-state index in [1.807, 2.05) is 31.2 Å². The van der Waals surface area contributed by atoms with Crippen molar-refractivity contribution >= 4 is 5.91 Å². The van der Waals surface area contributed by atoms with Crippen molar-refractivity contribution in [2.45, 2.75) is 13.5 Å². The van der Waals surface area contributed by atoms with Crippen LogP contribution in [0.25, 0.3) is 0 Å². The Bertz CT molecular complexity index is 754. The number of nitrogens with one attached hydrogen (secondary N) is 2. The summed E-state index contributed by atoms with van der Waals surface area (Å²) in [7, 11) is 4.56. The molecule has 28 heavy (non-hydrogen) atoms. The summed E-state index contributed by atoms with van der Waals surface area (Å²) < 4.78 is 21.4. The fourth-order valence-corrected chi connectivity index (χ4v) is 2.75. The lowest BCUT2D eigenvalue weighted by atomic mass is 10.1. The Morgan fingerprint density at radius 3 is 2.21 bits per heavy atom. The highest BCUT2D eigenvalue weighted by molar-refractivity contribution is 5.95. The number of methoxy groups -OCH3 is 3. The van der Waals surface area contributed by atoms with Crippen LogP contribution >= 0.6 is 0 Å². The molecule has 0 heterocycles. The minimum absolute atomic E-state index is 0.212. The van der Waals surface area contributed by atoms with Crippen LogP contribution in [0.15, 0.2) is 36.4 Å². The van der Waals surface area contributed by atoms with Gasteiger partial charge < -0.3 is 29.6 Å². The summed E-state index contributed by atoms with van der Waals surface area (Å²) in [4.78, 5) is 12.4. The zero-order valence-electron chi connectivity index (χ0n) is 16.8. The van der Waals surface area contributed by atoms with Gasteiger partial charge in [0.2, 0.25) is 5.75 Å². The van der Waals surface area contributed by atoms with Crippen molar-refractivity contribution in [1.29, 1.82) is 0 Å². The van der Waals surface area contributed by atoms with Crippen LogP contribution in [0.5, 0.6) is 23.0 Å². The largest absolute Gasteiger partial charge is 0.494 e. The Morgan fingerprint density at radius 2 is 1.61 bits per heavy atom. The Morgan fingerprint density at radius 1 is 0.929 bits per heavy atom. The molecule has 0 atom stereocenters. The van der Waals surface area contributed by atoms with E-state index in [2.05, 4.69) is 10.6 Å². The average Bonchev–Trinajstić information content (AvgIpc) is 2.73. The van der Waals surface area contributed by atoms with E-state index in [4.69, 9.17) is 18.9 Å². The van der Waals surface area contributed by atoms with Crippen molar-refractivity contribution in [1.82, 2.24) is 10.6 Å². The number of ether oxygens (including phenoxy) is 4. The maximum Gasteiger partial charge on any atom is 0.251 e. The van der Waals surface area contributed by atoms with Crippen molar-refractivity contribution in [3.8, 4) is 23.0 Å². The first-order chi connectivity index (χ1) is 13.6. The van der Waals surface area contributed by atoms with Gasteiger partial charge in [-0.1, -0.05) is 18.2 Å². The van der Waals surface area contributed by atoms with Crippen LogP contribution in [-0.4, -0.2) is 46.9 Å². The maximum absolute atomic E-state index is 12.4. The zero-order chi connectivity index (χ0) is 20.4. The first-order valence-corrected chi connectivity index (χ1v) is 9.14. The van der Waals surface area contributed by atoms with Crippen molar-refractivity contribution in [2.75, 3.05) is 41.0 Å². The molecule has 0 saturated heterocycles. The molecule has 0 fully saturated rings. The highest BCUT2D eigenvalue weighted by Gasteiger charge is 2.16. The summed E-state index contributed by atoms with van der Waals surface area (Å²) >= 11 is 0. The second-order valence-electron chi connectivity index (χ2n) is 5.89. The number of para-hydroxylation sites is 1. The van der Waals surface area contributed by atoms with E-state index in [0.29, 0.717) is 49.1 Å². The Labute approximate surface area is 165 Å². The first-order valence-electron chi connectivity index (χ1n) is 9.14. The standard InChI is InChI=1S/C21H28N2O5/c1-5-28-17-9-7-6-8-15(17)14-22-10-11-23-21(24)16-12-18(25-2)20(27-4)19(13-16)26-3/h6-9,12-13,22H,5,10-11,14H2,1-4H3,(H,23,24). The predicted molar refractivity (Wildman–Crippen MR) is 108 cm³/mol. The van der Waals surface area contributed by atoms with Crippen LogP contribution in [0.2, 0.25) is 0 Å². The molecule has 0 bridgehead atoms. The van der Waals surface area contributed by atoms with Crippen molar-refractivity contribution in [2.24, 2.45) is 0 Å². The van der Waals surface area contributed by atoms with Crippen LogP contribution in [0.1, 0.15) is 22.8 Å². The van der Waals surface area contributed by atoms with E-state index >= 15 is 0 Å². The lowest BCUT2D eigenvalue weighted by molar-refractivity contribution is 0.0953. The highest BCUT2D eigenvalue weighted by atomic mass is 16.5. The molecule has 7 heteroatoms. The van der Waals surface area contributed by atoms with Crippen LogP contribution in [0.4, 0.5) is 0 Å². The van der Waals surface area contributed by atoms with E-state index in [1.165, 1.54) is 21.3 Å². The summed E-state index contributed by atoms with van der Waals surface area (Å²) in [6.07, 6.45) is 0. The van der Waals surface area contributed by atoms with E-state index in [1.54, 1.807) is 12.1 Å². The monoisotopic (exact) mass is 388 g/mol. The number of amides is 1. The van der Waals surface area contributed by atoms with Gasteiger partial charge >= 0.3 is 0 Å². The number of rotatable bonds is 11. The molecule has 7 nitrogen and oxygen atoms in total. The van der Waals surface area contributed by atoms with Gasteiger partial charge in [0.1, 0.15) is 5.75 Å². The van der Waals surface area contributed by atoms with Gasteiger partial charge in [-0.05, 0) is 25.1 Å². The van der Waals surface area contributed by atoms with Gasteiger partial charge in [0.15, 0.2) is 11.5 Å². The van der Waals surface area contributed by atoms with Crippen molar-refractivity contribution < 1.29 is 23.7 Å². The van der Waals surface area contributed by atoms with E-state index in [0.717, 1.165) is 11.3 Å². The van der Waals surface area contributed by atoms with Gasteiger partial charge in [0.25, 0.3) is 5.91 Å². The molecule has 0 aromatic heterocycles. The van der Waals surface area contributed by atoms with E-state index in [-0.39, 0.29) is 5.91 Å². The third-order valence-electron chi connectivity index (χ3n) is 4.10. The molecular weight excluding hydrogens is 360 g/mol. The Hall–Kier alpha value is -2.93. The summed E-state index contributed by atoms with van der Waals surface area (Å²) in [6.45, 7) is 4.35. The number of hydrogen-bond donors (Lipinski definition) is 2. The van der Waals surface area contributed by atoms with Gasteiger partial charge in [-0.2, -0.15) is 0 Å². The molecule has 0 aliphatic heterocycles. The third-order valence-corrected chi connectivity index (χ3v) is 4.10. The van der Waals surface area contributed by atoms with Crippen LogP contribution in [0, 0.1) is 0 Å². The highest BCUT2D eigenvalue weighted by Crippen LogP contribution is 2.38. The van der Waals surface area contributed by atoms with Crippen molar-refractivity contribution in [3.63, 3.8) is 0 Å². The second-order valence-corrected chi connectivity index (χ2v) is 5.89. The molecule has 2 N–H and O–H groups in total. The minimum atomic E-state index is -0.212. The molecular formula is C21H28N2O5. The molecule has 1 amide bonds. The summed E-state index contributed by atoms with van der Waals surface area (Å²) in [5.74, 6) is 2.00. The molecule has 0 spiro atoms. The molecule has 0 aliphatic carbocycles. The fraction of sp³-hybridized carbons (Fsp3) is 0.381. The lowest BCUT2D eigenvalue weighted by Crippen LogP contribution is -2.31. The van der Waals surface area contributed by atoms with Crippen LogP contribution in [-0.2, 0) is 6.54 Å². The van der Waals surface area contributed by atoms with E-state index < -0.39 is 0 Å². The Kier molecular flexibility index (Phi) is 8.42. The summed E-state index contributed by atoms with van der Waals surface area (Å²) in [6, 6.07) is 11.2.